The quantitative estimate of drug-likeness (QED) is 0.395. The number of benzene rings is 1. The maximum Gasteiger partial charge on any atom is 0.269 e. The molecule has 0 unspecified atom stereocenters. The van der Waals surface area contributed by atoms with Crippen LogP contribution >= 0.6 is 12.2 Å². The fraction of sp³-hybridized carbons (Fsp3) is 0.550. The summed E-state index contributed by atoms with van der Waals surface area (Å²) in [5.41, 5.74) is 5.55. The van der Waals surface area contributed by atoms with Gasteiger partial charge in [0.2, 0.25) is 0 Å². The van der Waals surface area contributed by atoms with Gasteiger partial charge in [0.25, 0.3) is 11.8 Å². The number of carbonyl (C=O) groups excluding carboxylic acids is 2. The number of hydrazine groups is 1. The van der Waals surface area contributed by atoms with Crippen molar-refractivity contribution in [2.75, 3.05) is 53.2 Å². The van der Waals surface area contributed by atoms with Crippen LogP contribution in [0, 0.1) is 0 Å². The SMILES string of the molecule is COc1cc(C(=O)NNC(=S)NC[C@@H]2CCCO2)ccc1OCC(=O)N1CCOCC1. The number of morpholine rings is 1. The highest BCUT2D eigenvalue weighted by atomic mass is 32.1. The molecule has 31 heavy (non-hydrogen) atoms. The summed E-state index contributed by atoms with van der Waals surface area (Å²) in [6, 6.07) is 4.71. The Balaban J connectivity index is 1.46. The van der Waals surface area contributed by atoms with Gasteiger partial charge in [-0.1, -0.05) is 0 Å². The van der Waals surface area contributed by atoms with Crippen LogP contribution in [0.4, 0.5) is 0 Å². The smallest absolute Gasteiger partial charge is 0.269 e. The van der Waals surface area contributed by atoms with Gasteiger partial charge in [-0.3, -0.25) is 20.4 Å². The topological polar surface area (TPSA) is 110 Å². The number of methoxy groups -OCH3 is 1. The van der Waals surface area contributed by atoms with Gasteiger partial charge in [0.1, 0.15) is 0 Å². The van der Waals surface area contributed by atoms with Gasteiger partial charge in [-0.05, 0) is 43.3 Å². The Morgan fingerprint density at radius 1 is 1.19 bits per heavy atom. The van der Waals surface area contributed by atoms with Crippen molar-refractivity contribution in [3.63, 3.8) is 0 Å². The highest BCUT2D eigenvalue weighted by Crippen LogP contribution is 2.28. The number of nitrogens with zero attached hydrogens (tertiary/aromatic N) is 1. The lowest BCUT2D eigenvalue weighted by atomic mass is 10.2. The van der Waals surface area contributed by atoms with E-state index in [9.17, 15) is 9.59 Å². The highest BCUT2D eigenvalue weighted by molar-refractivity contribution is 7.80. The van der Waals surface area contributed by atoms with Crippen LogP contribution in [0.15, 0.2) is 18.2 Å². The molecule has 3 rings (SSSR count). The van der Waals surface area contributed by atoms with Gasteiger partial charge < -0.3 is 29.2 Å². The predicted molar refractivity (Wildman–Crippen MR) is 116 cm³/mol. The lowest BCUT2D eigenvalue weighted by molar-refractivity contribution is -0.137. The molecule has 1 aromatic carbocycles. The largest absolute Gasteiger partial charge is 0.493 e. The first-order valence-corrected chi connectivity index (χ1v) is 10.6. The molecule has 0 saturated carbocycles. The first-order chi connectivity index (χ1) is 15.1. The third kappa shape index (κ3) is 6.94. The number of carbonyl (C=O) groups is 2. The first kappa shape index (κ1) is 23.0. The number of hydrogen-bond acceptors (Lipinski definition) is 7. The first-order valence-electron chi connectivity index (χ1n) is 10.2. The second-order valence-corrected chi connectivity index (χ2v) is 7.48. The minimum Gasteiger partial charge on any atom is -0.493 e. The van der Waals surface area contributed by atoms with Crippen molar-refractivity contribution in [3.05, 3.63) is 23.8 Å². The maximum absolute atomic E-state index is 12.4. The molecular weight excluding hydrogens is 424 g/mol. The summed E-state index contributed by atoms with van der Waals surface area (Å²) in [6.45, 7) is 3.40. The molecule has 1 atom stereocenters. The van der Waals surface area contributed by atoms with E-state index in [-0.39, 0.29) is 18.6 Å². The van der Waals surface area contributed by atoms with Crippen LogP contribution < -0.4 is 25.6 Å². The van der Waals surface area contributed by atoms with E-state index in [1.54, 1.807) is 17.0 Å². The van der Waals surface area contributed by atoms with Crippen LogP contribution in [-0.4, -0.2) is 81.1 Å². The standard InChI is InChI=1S/C20H28N4O6S/c1-27-17-11-14(19(26)22-23-20(31)21-12-15-3-2-8-29-15)4-5-16(17)30-13-18(25)24-6-9-28-10-7-24/h4-5,11,15H,2-3,6-10,12-13H2,1H3,(H,22,26)(H2,21,23,31)/t15-/m0/s1. The minimum absolute atomic E-state index is 0.117. The molecule has 2 saturated heterocycles. The average Bonchev–Trinajstić information content (AvgIpc) is 3.33. The molecule has 0 radical (unpaired) electrons. The number of rotatable bonds is 7. The number of amides is 2. The molecule has 0 bridgehead atoms. The molecule has 2 aliphatic heterocycles. The second kappa shape index (κ2) is 11.7. The summed E-state index contributed by atoms with van der Waals surface area (Å²) < 4.78 is 21.7. The Bertz CT molecular complexity index is 781. The van der Waals surface area contributed by atoms with Crippen molar-refractivity contribution in [2.24, 2.45) is 0 Å². The molecule has 2 amide bonds. The summed E-state index contributed by atoms with van der Waals surface area (Å²) in [6.07, 6.45) is 2.18. The molecule has 0 aliphatic carbocycles. The Labute approximate surface area is 186 Å². The predicted octanol–water partition coefficient (Wildman–Crippen LogP) is 0.221. The van der Waals surface area contributed by atoms with Gasteiger partial charge >= 0.3 is 0 Å². The summed E-state index contributed by atoms with van der Waals surface area (Å²) in [5.74, 6) is 0.208. The molecule has 11 heteroatoms. The second-order valence-electron chi connectivity index (χ2n) is 7.07. The molecule has 0 aromatic heterocycles. The molecule has 1 aromatic rings. The number of thiocarbonyl (C=S) groups is 1. The third-order valence-corrected chi connectivity index (χ3v) is 5.19. The number of hydrogen-bond donors (Lipinski definition) is 3. The van der Waals surface area contributed by atoms with Crippen LogP contribution in [0.5, 0.6) is 11.5 Å². The number of ether oxygens (including phenoxy) is 4. The fourth-order valence-corrected chi connectivity index (χ4v) is 3.35. The summed E-state index contributed by atoms with van der Waals surface area (Å²) >= 11 is 5.16. The van der Waals surface area contributed by atoms with Crippen molar-refractivity contribution in [2.45, 2.75) is 18.9 Å². The Morgan fingerprint density at radius 2 is 2.00 bits per heavy atom. The van der Waals surface area contributed by atoms with Gasteiger partial charge in [0.05, 0.1) is 26.4 Å². The zero-order chi connectivity index (χ0) is 22.1. The van der Waals surface area contributed by atoms with Crippen molar-refractivity contribution >= 4 is 29.1 Å². The van der Waals surface area contributed by atoms with Crippen LogP contribution in [0.2, 0.25) is 0 Å². The minimum atomic E-state index is -0.393. The molecule has 3 N–H and O–H groups in total. The van der Waals surface area contributed by atoms with E-state index in [1.807, 2.05) is 0 Å². The van der Waals surface area contributed by atoms with E-state index in [2.05, 4.69) is 16.2 Å². The molecule has 0 spiro atoms. The molecule has 2 heterocycles. The van der Waals surface area contributed by atoms with Crippen molar-refractivity contribution in [1.82, 2.24) is 21.1 Å². The zero-order valence-electron chi connectivity index (χ0n) is 17.5. The number of nitrogens with one attached hydrogen (secondary N) is 3. The van der Waals surface area contributed by atoms with Crippen LogP contribution in [0.1, 0.15) is 23.2 Å². The average molecular weight is 453 g/mol. The molecule has 10 nitrogen and oxygen atoms in total. The van der Waals surface area contributed by atoms with Crippen LogP contribution in [0.3, 0.4) is 0 Å². The van der Waals surface area contributed by atoms with Gasteiger partial charge in [0, 0.05) is 31.8 Å². The van der Waals surface area contributed by atoms with Gasteiger partial charge in [-0.15, -0.1) is 0 Å². The van der Waals surface area contributed by atoms with E-state index >= 15 is 0 Å². The normalized spacial score (nSPS) is 18.2. The van der Waals surface area contributed by atoms with Gasteiger partial charge in [0.15, 0.2) is 23.2 Å². The fourth-order valence-electron chi connectivity index (χ4n) is 3.21. The Morgan fingerprint density at radius 3 is 2.71 bits per heavy atom. The summed E-state index contributed by atoms with van der Waals surface area (Å²) in [4.78, 5) is 26.3. The highest BCUT2D eigenvalue weighted by Gasteiger charge is 2.19. The van der Waals surface area contributed by atoms with E-state index in [4.69, 9.17) is 31.2 Å². The van der Waals surface area contributed by atoms with Gasteiger partial charge in [-0.25, -0.2) is 0 Å². The lowest BCUT2D eigenvalue weighted by Crippen LogP contribution is -2.48. The van der Waals surface area contributed by atoms with Crippen molar-refractivity contribution in [1.29, 1.82) is 0 Å². The molecule has 170 valence electrons. The Kier molecular flexibility index (Phi) is 8.68. The van der Waals surface area contributed by atoms with E-state index in [1.165, 1.54) is 13.2 Å². The zero-order valence-corrected chi connectivity index (χ0v) is 18.3. The van der Waals surface area contributed by atoms with Crippen LogP contribution in [0.25, 0.3) is 0 Å². The van der Waals surface area contributed by atoms with Crippen molar-refractivity contribution in [3.8, 4) is 11.5 Å². The van der Waals surface area contributed by atoms with E-state index in [0.29, 0.717) is 55.0 Å². The van der Waals surface area contributed by atoms with Crippen molar-refractivity contribution < 1.29 is 28.5 Å². The molecular formula is C20H28N4O6S. The van der Waals surface area contributed by atoms with E-state index < -0.39 is 5.91 Å². The third-order valence-electron chi connectivity index (χ3n) is 4.94. The van der Waals surface area contributed by atoms with Crippen LogP contribution in [-0.2, 0) is 14.3 Å². The molecule has 2 fully saturated rings. The van der Waals surface area contributed by atoms with E-state index in [0.717, 1.165) is 19.4 Å². The summed E-state index contributed by atoms with van der Waals surface area (Å²) in [7, 11) is 1.47. The Hall–Kier alpha value is -2.63. The maximum atomic E-state index is 12.4. The summed E-state index contributed by atoms with van der Waals surface area (Å²) in [5, 5.41) is 3.31. The lowest BCUT2D eigenvalue weighted by Gasteiger charge is -2.26. The monoisotopic (exact) mass is 452 g/mol. The molecule has 2 aliphatic rings. The van der Waals surface area contributed by atoms with Gasteiger partial charge in [-0.2, -0.15) is 0 Å².